The molecule has 2 heterocycles. The molecule has 0 aromatic carbocycles. The molecule has 1 fully saturated rings. The van der Waals surface area contributed by atoms with E-state index in [1.165, 1.54) is 127 Å². The minimum Gasteiger partial charge on any atom is -0.152 e. The number of allylic oxidation sites excluding steroid dienone is 1. The fourth-order valence-corrected chi connectivity index (χ4v) is 6.51. The van der Waals surface area contributed by atoms with Gasteiger partial charge in [-0.1, -0.05) is 122 Å². The van der Waals surface area contributed by atoms with Gasteiger partial charge in [0.25, 0.3) is 0 Å². The van der Waals surface area contributed by atoms with Crippen LogP contribution in [0, 0.1) is 0 Å². The number of thioether (sulfide) groups is 2. The maximum Gasteiger partial charge on any atom is 0.0347 e. The van der Waals surface area contributed by atoms with Crippen molar-refractivity contribution in [3.8, 4) is 0 Å². The van der Waals surface area contributed by atoms with E-state index in [0.717, 1.165) is 10.5 Å². The first kappa shape index (κ1) is 30.2. The van der Waals surface area contributed by atoms with Crippen LogP contribution in [0.4, 0.5) is 0 Å². The van der Waals surface area contributed by atoms with E-state index in [1.807, 2.05) is 0 Å². The van der Waals surface area contributed by atoms with Gasteiger partial charge in [0.05, 0.1) is 0 Å². The molecule has 32 heavy (non-hydrogen) atoms. The van der Waals surface area contributed by atoms with Crippen LogP contribution < -0.4 is 0 Å². The molecule has 0 radical (unpaired) electrons. The Morgan fingerprint density at radius 2 is 1.41 bits per heavy atom. The van der Waals surface area contributed by atoms with Crippen LogP contribution in [0.5, 0.6) is 0 Å². The highest BCUT2D eigenvalue weighted by Crippen LogP contribution is 2.39. The van der Waals surface area contributed by atoms with Gasteiger partial charge in [-0.05, 0) is 44.9 Å². The van der Waals surface area contributed by atoms with Gasteiger partial charge in [-0.3, -0.25) is 0 Å². The number of rotatable bonds is 19. The van der Waals surface area contributed by atoms with Gasteiger partial charge in [0.2, 0.25) is 0 Å². The van der Waals surface area contributed by atoms with Gasteiger partial charge in [-0.25, -0.2) is 0 Å². The van der Waals surface area contributed by atoms with Crippen LogP contribution in [0.25, 0.3) is 0 Å². The van der Waals surface area contributed by atoms with Crippen molar-refractivity contribution in [1.29, 1.82) is 0 Å². The smallest absolute Gasteiger partial charge is 0.0347 e. The Morgan fingerprint density at radius 1 is 0.781 bits per heavy atom. The van der Waals surface area contributed by atoms with Gasteiger partial charge >= 0.3 is 0 Å². The molecule has 0 aromatic heterocycles. The summed E-state index contributed by atoms with van der Waals surface area (Å²) in [5.74, 6) is 2.67. The van der Waals surface area contributed by atoms with Gasteiger partial charge in [-0.2, -0.15) is 11.8 Å². The Balaban J connectivity index is 0.000000320. The molecule has 2 unspecified atom stereocenters. The van der Waals surface area contributed by atoms with Crippen LogP contribution in [0.2, 0.25) is 0 Å². The summed E-state index contributed by atoms with van der Waals surface area (Å²) in [6.07, 6.45) is 30.2. The van der Waals surface area contributed by atoms with E-state index in [-0.39, 0.29) is 0 Å². The first-order valence-corrected chi connectivity index (χ1v) is 16.5. The lowest BCUT2D eigenvalue weighted by atomic mass is 10.00. The van der Waals surface area contributed by atoms with E-state index in [9.17, 15) is 0 Å². The fourth-order valence-electron chi connectivity index (χ4n) is 4.47. The molecule has 0 saturated carbocycles. The van der Waals surface area contributed by atoms with E-state index in [4.69, 9.17) is 0 Å². The van der Waals surface area contributed by atoms with E-state index in [0.29, 0.717) is 0 Å². The van der Waals surface area contributed by atoms with Gasteiger partial charge in [-0.15, -0.1) is 11.8 Å². The topological polar surface area (TPSA) is 0 Å². The fraction of sp³-hybridized carbons (Fsp3) is 0.867. The quantitative estimate of drug-likeness (QED) is 0.102. The Labute approximate surface area is 211 Å². The molecule has 0 bridgehead atoms. The second-order valence-corrected chi connectivity index (χ2v) is 12.3. The third-order valence-corrected chi connectivity index (χ3v) is 8.99. The molecule has 0 nitrogen and oxygen atoms in total. The van der Waals surface area contributed by atoms with Crippen molar-refractivity contribution < 1.29 is 0 Å². The highest BCUT2D eigenvalue weighted by Gasteiger charge is 2.25. The molecular weight excluding hydrogens is 424 g/mol. The summed E-state index contributed by atoms with van der Waals surface area (Å²) in [6, 6.07) is 0. The minimum absolute atomic E-state index is 0.883. The average Bonchev–Trinajstić information content (AvgIpc) is 3.56. The van der Waals surface area contributed by atoms with Crippen molar-refractivity contribution >= 4 is 23.5 Å². The Bertz CT molecular complexity index is 475. The average molecular weight is 481 g/mol. The van der Waals surface area contributed by atoms with Crippen molar-refractivity contribution in [2.45, 2.75) is 154 Å². The maximum atomic E-state index is 2.57. The molecule has 2 atom stereocenters. The lowest BCUT2D eigenvalue weighted by Gasteiger charge is -2.14. The van der Waals surface area contributed by atoms with Crippen LogP contribution >= 0.6 is 23.5 Å². The third kappa shape index (κ3) is 15.9. The number of hydrogen-bond acceptors (Lipinski definition) is 2. The normalized spacial score (nSPS) is 20.1. The summed E-state index contributed by atoms with van der Waals surface area (Å²) < 4.78 is 0. The molecule has 0 aromatic rings. The van der Waals surface area contributed by atoms with Gasteiger partial charge < -0.3 is 0 Å². The first-order chi connectivity index (χ1) is 15.8. The first-order valence-electron chi connectivity index (χ1n) is 14.4. The second-order valence-electron chi connectivity index (χ2n) is 9.81. The summed E-state index contributed by atoms with van der Waals surface area (Å²) in [6.45, 7) is 9.16. The molecule has 1 saturated heterocycles. The van der Waals surface area contributed by atoms with Crippen LogP contribution in [0.15, 0.2) is 23.3 Å². The molecule has 0 N–H and O–H groups in total. The molecule has 188 valence electrons. The summed E-state index contributed by atoms with van der Waals surface area (Å²) >= 11 is 4.31. The number of hydrogen-bond donors (Lipinski definition) is 0. The van der Waals surface area contributed by atoms with Crippen molar-refractivity contribution in [1.82, 2.24) is 0 Å². The summed E-state index contributed by atoms with van der Waals surface area (Å²) in [5.41, 5.74) is 3.55. The lowest BCUT2D eigenvalue weighted by molar-refractivity contribution is 0.623. The zero-order valence-corrected chi connectivity index (χ0v) is 23.9. The van der Waals surface area contributed by atoms with E-state index < -0.39 is 0 Å². The molecule has 2 heteroatoms. The molecule has 2 aliphatic heterocycles. The zero-order valence-electron chi connectivity index (χ0n) is 22.3. The van der Waals surface area contributed by atoms with Crippen molar-refractivity contribution in [2.75, 3.05) is 11.5 Å². The highest BCUT2D eigenvalue weighted by atomic mass is 32.2. The Hall–Kier alpha value is 0.180. The Morgan fingerprint density at radius 3 is 2.06 bits per heavy atom. The van der Waals surface area contributed by atoms with Gasteiger partial charge in [0.1, 0.15) is 0 Å². The Kier molecular flexibility index (Phi) is 20.5. The largest absolute Gasteiger partial charge is 0.152 e. The van der Waals surface area contributed by atoms with E-state index in [2.05, 4.69) is 63.4 Å². The van der Waals surface area contributed by atoms with Crippen LogP contribution in [0.3, 0.4) is 0 Å². The second kappa shape index (κ2) is 21.7. The van der Waals surface area contributed by atoms with Crippen molar-refractivity contribution in [3.63, 3.8) is 0 Å². The standard InChI is InChI=1S/2C15H28S/c1-3-5-7-8-10-12-14(15-13-16-15)11-9-6-4-2;1-3-5-7-9-11-15-14(12-13-16-15)10-8-6-4-2/h2*12,15H,3-11,13H2,1-2H3/b14-12+;. The van der Waals surface area contributed by atoms with E-state index in [1.54, 1.807) is 11.1 Å². The predicted octanol–water partition coefficient (Wildman–Crippen LogP) is 11.2. The molecule has 2 rings (SSSR count). The summed E-state index contributed by atoms with van der Waals surface area (Å²) in [7, 11) is 0. The van der Waals surface area contributed by atoms with Crippen LogP contribution in [-0.4, -0.2) is 22.0 Å². The van der Waals surface area contributed by atoms with Crippen LogP contribution in [0.1, 0.15) is 143 Å². The molecule has 0 aliphatic carbocycles. The SMILES string of the molecule is CCCCCC/C=C(\CCCCC)C1CS1.CCCCCCC1SCC=C1CCCCC. The summed E-state index contributed by atoms with van der Waals surface area (Å²) in [5, 5.41) is 1.80. The van der Waals surface area contributed by atoms with Crippen molar-refractivity contribution in [3.05, 3.63) is 23.3 Å². The predicted molar refractivity (Wildman–Crippen MR) is 154 cm³/mol. The highest BCUT2D eigenvalue weighted by molar-refractivity contribution is 8.07. The third-order valence-electron chi connectivity index (χ3n) is 6.73. The molecule has 2 aliphatic rings. The van der Waals surface area contributed by atoms with Gasteiger partial charge in [0.15, 0.2) is 0 Å². The van der Waals surface area contributed by atoms with Crippen molar-refractivity contribution in [2.24, 2.45) is 0 Å². The number of unbranched alkanes of at least 4 members (excludes halogenated alkanes) is 11. The minimum atomic E-state index is 0.883. The molecule has 0 amide bonds. The molecule has 0 spiro atoms. The summed E-state index contributed by atoms with van der Waals surface area (Å²) in [4.78, 5) is 0. The van der Waals surface area contributed by atoms with E-state index >= 15 is 0 Å². The van der Waals surface area contributed by atoms with Gasteiger partial charge in [0, 0.05) is 22.0 Å². The maximum absolute atomic E-state index is 2.57. The lowest BCUT2D eigenvalue weighted by Crippen LogP contribution is -2.03. The molecular formula is C30H56S2. The van der Waals surface area contributed by atoms with Crippen LogP contribution in [-0.2, 0) is 0 Å². The monoisotopic (exact) mass is 480 g/mol. The zero-order chi connectivity index (χ0) is 23.3.